The van der Waals surface area contributed by atoms with E-state index in [0.717, 1.165) is 18.8 Å². The SMILES string of the molecule is CSCCCCNCc1cn[nH]c1-c1ccccc1. The second kappa shape index (κ2) is 8.02. The predicted molar refractivity (Wildman–Crippen MR) is 83.3 cm³/mol. The van der Waals surface area contributed by atoms with Crippen LogP contribution in [0.5, 0.6) is 0 Å². The number of unbranched alkanes of at least 4 members (excludes halogenated alkanes) is 1. The summed E-state index contributed by atoms with van der Waals surface area (Å²) in [5, 5.41) is 10.7. The van der Waals surface area contributed by atoms with E-state index in [-0.39, 0.29) is 0 Å². The van der Waals surface area contributed by atoms with Crippen molar-refractivity contribution < 1.29 is 0 Å². The van der Waals surface area contributed by atoms with Gasteiger partial charge in [0.15, 0.2) is 0 Å². The fourth-order valence-electron chi connectivity index (χ4n) is 2.02. The molecule has 0 aliphatic carbocycles. The maximum absolute atomic E-state index is 4.16. The highest BCUT2D eigenvalue weighted by atomic mass is 32.2. The zero-order chi connectivity index (χ0) is 13.3. The lowest BCUT2D eigenvalue weighted by Crippen LogP contribution is -2.15. The number of nitrogens with one attached hydrogen (secondary N) is 2. The van der Waals surface area contributed by atoms with Gasteiger partial charge in [0.2, 0.25) is 0 Å². The van der Waals surface area contributed by atoms with Crippen molar-refractivity contribution in [2.24, 2.45) is 0 Å². The number of H-pyrrole nitrogens is 1. The second-order valence-electron chi connectivity index (χ2n) is 4.51. The maximum atomic E-state index is 4.16. The summed E-state index contributed by atoms with van der Waals surface area (Å²) in [6.07, 6.45) is 6.59. The van der Waals surface area contributed by atoms with Crippen molar-refractivity contribution in [1.29, 1.82) is 0 Å². The first kappa shape index (κ1) is 14.2. The van der Waals surface area contributed by atoms with Crippen molar-refractivity contribution in [3.05, 3.63) is 42.1 Å². The Morgan fingerprint density at radius 1 is 1.21 bits per heavy atom. The molecule has 0 atom stereocenters. The van der Waals surface area contributed by atoms with Crippen LogP contribution in [0.2, 0.25) is 0 Å². The molecule has 19 heavy (non-hydrogen) atoms. The highest BCUT2D eigenvalue weighted by molar-refractivity contribution is 7.98. The molecule has 0 aliphatic heterocycles. The van der Waals surface area contributed by atoms with Gasteiger partial charge >= 0.3 is 0 Å². The monoisotopic (exact) mass is 275 g/mol. The molecule has 0 saturated carbocycles. The standard InChI is InChI=1S/C15H21N3S/c1-19-10-6-5-9-16-11-14-12-17-18-15(14)13-7-3-2-4-8-13/h2-4,7-8,12,16H,5-6,9-11H2,1H3,(H,17,18). The Balaban J connectivity index is 1.83. The summed E-state index contributed by atoms with van der Waals surface area (Å²) in [6, 6.07) is 10.3. The highest BCUT2D eigenvalue weighted by Crippen LogP contribution is 2.20. The molecule has 2 aromatic rings. The van der Waals surface area contributed by atoms with Crippen molar-refractivity contribution in [3.63, 3.8) is 0 Å². The van der Waals surface area contributed by atoms with Gasteiger partial charge in [-0.2, -0.15) is 16.9 Å². The van der Waals surface area contributed by atoms with Crippen molar-refractivity contribution in [1.82, 2.24) is 15.5 Å². The van der Waals surface area contributed by atoms with E-state index >= 15 is 0 Å². The number of hydrogen-bond donors (Lipinski definition) is 2. The van der Waals surface area contributed by atoms with E-state index in [2.05, 4.69) is 46.0 Å². The molecule has 0 radical (unpaired) electrons. The van der Waals surface area contributed by atoms with E-state index in [1.165, 1.54) is 29.7 Å². The second-order valence-corrected chi connectivity index (χ2v) is 5.50. The quantitative estimate of drug-likeness (QED) is 0.726. The lowest BCUT2D eigenvalue weighted by atomic mass is 10.1. The van der Waals surface area contributed by atoms with Gasteiger partial charge in [-0.1, -0.05) is 30.3 Å². The molecule has 0 amide bonds. The topological polar surface area (TPSA) is 40.7 Å². The van der Waals surface area contributed by atoms with Crippen LogP contribution in [0.4, 0.5) is 0 Å². The van der Waals surface area contributed by atoms with Gasteiger partial charge in [-0.15, -0.1) is 0 Å². The van der Waals surface area contributed by atoms with Crippen LogP contribution in [0.15, 0.2) is 36.5 Å². The Morgan fingerprint density at radius 2 is 2.05 bits per heavy atom. The van der Waals surface area contributed by atoms with Crippen LogP contribution in [0.1, 0.15) is 18.4 Å². The summed E-state index contributed by atoms with van der Waals surface area (Å²) in [5.41, 5.74) is 3.55. The molecule has 0 fully saturated rings. The van der Waals surface area contributed by atoms with E-state index in [0.29, 0.717) is 0 Å². The van der Waals surface area contributed by atoms with Crippen LogP contribution in [0.3, 0.4) is 0 Å². The van der Waals surface area contributed by atoms with Crippen LogP contribution < -0.4 is 5.32 Å². The van der Waals surface area contributed by atoms with Gasteiger partial charge in [-0.25, -0.2) is 0 Å². The molecule has 1 aromatic carbocycles. The minimum absolute atomic E-state index is 0.875. The van der Waals surface area contributed by atoms with E-state index in [9.17, 15) is 0 Å². The van der Waals surface area contributed by atoms with Crippen LogP contribution in [0.25, 0.3) is 11.3 Å². The van der Waals surface area contributed by atoms with Gasteiger partial charge < -0.3 is 5.32 Å². The number of aromatic amines is 1. The number of hydrogen-bond acceptors (Lipinski definition) is 3. The van der Waals surface area contributed by atoms with Gasteiger partial charge in [-0.05, 0) is 37.0 Å². The molecule has 0 spiro atoms. The predicted octanol–water partition coefficient (Wildman–Crippen LogP) is 3.31. The van der Waals surface area contributed by atoms with Crippen LogP contribution in [-0.2, 0) is 6.54 Å². The minimum atomic E-state index is 0.875. The number of thioether (sulfide) groups is 1. The molecule has 2 N–H and O–H groups in total. The average Bonchev–Trinajstić information content (AvgIpc) is 2.92. The number of nitrogens with zero attached hydrogens (tertiary/aromatic N) is 1. The summed E-state index contributed by atoms with van der Waals surface area (Å²) in [7, 11) is 0. The largest absolute Gasteiger partial charge is 0.313 e. The molecular formula is C15H21N3S. The molecule has 0 saturated heterocycles. The highest BCUT2D eigenvalue weighted by Gasteiger charge is 2.06. The van der Waals surface area contributed by atoms with Crippen molar-refractivity contribution in [3.8, 4) is 11.3 Å². The summed E-state index contributed by atoms with van der Waals surface area (Å²) in [4.78, 5) is 0. The third-order valence-electron chi connectivity index (χ3n) is 3.05. The Labute approximate surface area is 119 Å². The Hall–Kier alpha value is -1.26. The Bertz CT molecular complexity index is 467. The first-order chi connectivity index (χ1) is 9.42. The zero-order valence-corrected chi connectivity index (χ0v) is 12.2. The molecule has 0 unspecified atom stereocenters. The van der Waals surface area contributed by atoms with Gasteiger partial charge in [-0.3, -0.25) is 5.10 Å². The van der Waals surface area contributed by atoms with Crippen molar-refractivity contribution in [2.45, 2.75) is 19.4 Å². The van der Waals surface area contributed by atoms with Gasteiger partial charge in [0.05, 0.1) is 11.9 Å². The minimum Gasteiger partial charge on any atom is -0.313 e. The van der Waals surface area contributed by atoms with Crippen LogP contribution >= 0.6 is 11.8 Å². The summed E-state index contributed by atoms with van der Waals surface area (Å²) >= 11 is 1.91. The molecule has 0 bridgehead atoms. The van der Waals surface area contributed by atoms with E-state index in [1.807, 2.05) is 24.0 Å². The molecule has 3 nitrogen and oxygen atoms in total. The molecule has 1 heterocycles. The Morgan fingerprint density at radius 3 is 2.84 bits per heavy atom. The third-order valence-corrected chi connectivity index (χ3v) is 3.74. The summed E-state index contributed by atoms with van der Waals surface area (Å²) in [5.74, 6) is 1.25. The van der Waals surface area contributed by atoms with Crippen molar-refractivity contribution in [2.75, 3.05) is 18.6 Å². The first-order valence-corrected chi connectivity index (χ1v) is 8.08. The Kier molecular flexibility index (Phi) is 5.98. The smallest absolute Gasteiger partial charge is 0.0695 e. The first-order valence-electron chi connectivity index (χ1n) is 6.69. The number of rotatable bonds is 8. The zero-order valence-electron chi connectivity index (χ0n) is 11.4. The lowest BCUT2D eigenvalue weighted by Gasteiger charge is -2.05. The van der Waals surface area contributed by atoms with Gasteiger partial charge in [0.25, 0.3) is 0 Å². The van der Waals surface area contributed by atoms with Crippen LogP contribution in [-0.4, -0.2) is 28.8 Å². The van der Waals surface area contributed by atoms with E-state index in [4.69, 9.17) is 0 Å². The molecule has 2 rings (SSSR count). The normalized spacial score (nSPS) is 10.8. The van der Waals surface area contributed by atoms with Crippen molar-refractivity contribution >= 4 is 11.8 Å². The van der Waals surface area contributed by atoms with E-state index in [1.54, 1.807) is 0 Å². The molecule has 4 heteroatoms. The summed E-state index contributed by atoms with van der Waals surface area (Å²) in [6.45, 7) is 1.94. The van der Waals surface area contributed by atoms with Crippen LogP contribution in [0, 0.1) is 0 Å². The third kappa shape index (κ3) is 4.40. The van der Waals surface area contributed by atoms with Gasteiger partial charge in [0.1, 0.15) is 0 Å². The molecule has 102 valence electrons. The molecule has 1 aromatic heterocycles. The molecular weight excluding hydrogens is 254 g/mol. The fraction of sp³-hybridized carbons (Fsp3) is 0.400. The maximum Gasteiger partial charge on any atom is 0.0695 e. The average molecular weight is 275 g/mol. The van der Waals surface area contributed by atoms with Gasteiger partial charge in [0, 0.05) is 12.1 Å². The van der Waals surface area contributed by atoms with E-state index < -0.39 is 0 Å². The number of aromatic nitrogens is 2. The lowest BCUT2D eigenvalue weighted by molar-refractivity contribution is 0.644. The molecule has 0 aliphatic rings. The fourth-order valence-corrected chi connectivity index (χ4v) is 2.51. The number of benzene rings is 1. The summed E-state index contributed by atoms with van der Waals surface area (Å²) < 4.78 is 0.